The first-order valence-corrected chi connectivity index (χ1v) is 8.09. The first kappa shape index (κ1) is 18.5. The Labute approximate surface area is 127 Å². The van der Waals surface area contributed by atoms with Crippen LogP contribution >= 0.6 is 11.8 Å². The van der Waals surface area contributed by atoms with Gasteiger partial charge in [0.25, 0.3) is 0 Å². The van der Waals surface area contributed by atoms with E-state index in [9.17, 15) is 4.79 Å². The van der Waals surface area contributed by atoms with E-state index in [1.165, 1.54) is 37.4 Å². The lowest BCUT2D eigenvalue weighted by Crippen LogP contribution is -1.97. The molecule has 0 unspecified atom stereocenters. The van der Waals surface area contributed by atoms with Crippen molar-refractivity contribution in [1.29, 1.82) is 0 Å². The largest absolute Gasteiger partial charge is 0.481 e. The molecule has 0 spiro atoms. The van der Waals surface area contributed by atoms with Crippen LogP contribution in [-0.2, 0) is 4.79 Å². The molecule has 0 saturated carbocycles. The third kappa shape index (κ3) is 16.5. The summed E-state index contributed by atoms with van der Waals surface area (Å²) in [7, 11) is 0. The van der Waals surface area contributed by atoms with Crippen LogP contribution in [0.3, 0.4) is 0 Å². The van der Waals surface area contributed by atoms with E-state index in [-0.39, 0.29) is 5.75 Å². The Balaban J connectivity index is 3.47. The Bertz CT molecular complexity index is 435. The minimum atomic E-state index is -0.801. The molecule has 108 valence electrons. The van der Waals surface area contributed by atoms with Gasteiger partial charge in [-0.2, -0.15) is 0 Å². The van der Waals surface area contributed by atoms with Crippen molar-refractivity contribution >= 4 is 17.7 Å². The lowest BCUT2D eigenvalue weighted by molar-refractivity contribution is -0.133. The molecule has 0 saturated heterocycles. The molecule has 0 rings (SSSR count). The van der Waals surface area contributed by atoms with Gasteiger partial charge in [-0.25, -0.2) is 0 Å². The number of aliphatic carboxylic acids is 1. The molecule has 0 aromatic rings. The fourth-order valence-electron chi connectivity index (χ4n) is 1.31. The Morgan fingerprint density at radius 2 is 1.60 bits per heavy atom. The molecule has 0 aromatic heterocycles. The van der Waals surface area contributed by atoms with E-state index in [0.29, 0.717) is 18.6 Å². The number of carboxylic acid groups (broad SMARTS) is 1. The van der Waals surface area contributed by atoms with Crippen LogP contribution in [0.1, 0.15) is 51.9 Å². The Kier molecular flexibility index (Phi) is 14.4. The van der Waals surface area contributed by atoms with E-state index < -0.39 is 5.97 Å². The van der Waals surface area contributed by atoms with Gasteiger partial charge >= 0.3 is 5.97 Å². The monoisotopic (exact) mass is 290 g/mol. The minimum Gasteiger partial charge on any atom is -0.481 e. The summed E-state index contributed by atoms with van der Waals surface area (Å²) in [5.41, 5.74) is 0. The predicted octanol–water partition coefficient (Wildman–Crippen LogP) is 3.57. The van der Waals surface area contributed by atoms with Gasteiger partial charge in [0.2, 0.25) is 0 Å². The van der Waals surface area contributed by atoms with Gasteiger partial charge in [0, 0.05) is 6.42 Å². The number of carboxylic acids is 1. The van der Waals surface area contributed by atoms with E-state index in [1.54, 1.807) is 0 Å². The highest BCUT2D eigenvalue weighted by Crippen LogP contribution is 2.00. The topological polar surface area (TPSA) is 37.3 Å². The van der Waals surface area contributed by atoms with Gasteiger partial charge in [0.15, 0.2) is 0 Å². The fraction of sp³-hybridized carbons (Fsp3) is 0.588. The molecule has 0 bridgehead atoms. The minimum absolute atomic E-state index is 0.105. The highest BCUT2D eigenvalue weighted by atomic mass is 32.2. The van der Waals surface area contributed by atoms with Gasteiger partial charge in [-0.05, 0) is 6.42 Å². The SMILES string of the molecule is CCCCCCC#CCC#CCC#CCSCC(=O)O. The molecule has 3 heteroatoms. The van der Waals surface area contributed by atoms with Gasteiger partial charge in [-0.15, -0.1) is 17.7 Å². The quantitative estimate of drug-likeness (QED) is 0.575. The zero-order valence-corrected chi connectivity index (χ0v) is 12.9. The second kappa shape index (κ2) is 15.6. The number of hydrogen-bond donors (Lipinski definition) is 1. The normalized spacial score (nSPS) is 8.45. The third-order valence-electron chi connectivity index (χ3n) is 2.28. The summed E-state index contributed by atoms with van der Waals surface area (Å²) in [5.74, 6) is 17.7. The molecule has 0 aliphatic heterocycles. The molecule has 1 N–H and O–H groups in total. The molecule has 0 heterocycles. The second-order valence-electron chi connectivity index (χ2n) is 4.11. The van der Waals surface area contributed by atoms with Crippen LogP contribution in [0.15, 0.2) is 0 Å². The number of unbranched alkanes of at least 4 members (excludes halogenated alkanes) is 4. The van der Waals surface area contributed by atoms with Crippen LogP contribution < -0.4 is 0 Å². The van der Waals surface area contributed by atoms with Gasteiger partial charge < -0.3 is 5.11 Å². The lowest BCUT2D eigenvalue weighted by Gasteiger charge is -1.91. The zero-order chi connectivity index (χ0) is 14.9. The highest BCUT2D eigenvalue weighted by Gasteiger charge is 1.92. The summed E-state index contributed by atoms with van der Waals surface area (Å²) in [6.45, 7) is 2.20. The molecule has 20 heavy (non-hydrogen) atoms. The van der Waals surface area contributed by atoms with E-state index in [0.717, 1.165) is 6.42 Å². The van der Waals surface area contributed by atoms with Crippen molar-refractivity contribution in [2.24, 2.45) is 0 Å². The summed E-state index contributed by atoms with van der Waals surface area (Å²) in [4.78, 5) is 10.2. The van der Waals surface area contributed by atoms with Crippen LogP contribution in [0.4, 0.5) is 0 Å². The lowest BCUT2D eigenvalue weighted by atomic mass is 10.1. The Hall–Kier alpha value is -1.50. The van der Waals surface area contributed by atoms with Gasteiger partial charge in [-0.1, -0.05) is 55.8 Å². The van der Waals surface area contributed by atoms with Gasteiger partial charge in [-0.3, -0.25) is 4.79 Å². The Morgan fingerprint density at radius 3 is 2.25 bits per heavy atom. The van der Waals surface area contributed by atoms with Crippen LogP contribution in [0.5, 0.6) is 0 Å². The number of rotatable bonds is 7. The van der Waals surface area contributed by atoms with E-state index in [2.05, 4.69) is 42.4 Å². The standard InChI is InChI=1S/C17H22O2S/c1-2-3-4-5-6-7-8-9-10-11-12-13-14-15-20-16-17(18)19/h2-6,9,12,15-16H2,1H3,(H,18,19). The van der Waals surface area contributed by atoms with Crippen molar-refractivity contribution in [2.45, 2.75) is 51.9 Å². The zero-order valence-electron chi connectivity index (χ0n) is 12.1. The first-order valence-electron chi connectivity index (χ1n) is 6.94. The molecular formula is C17H22O2S. The fourth-order valence-corrected chi connectivity index (χ4v) is 1.79. The number of hydrogen-bond acceptors (Lipinski definition) is 2. The summed E-state index contributed by atoms with van der Waals surface area (Å²) in [6.07, 6.45) is 7.14. The Morgan fingerprint density at radius 1 is 0.950 bits per heavy atom. The summed E-state index contributed by atoms with van der Waals surface area (Å²) < 4.78 is 0. The van der Waals surface area contributed by atoms with Crippen LogP contribution in [0, 0.1) is 35.5 Å². The van der Waals surface area contributed by atoms with Crippen molar-refractivity contribution in [2.75, 3.05) is 11.5 Å². The summed E-state index contributed by atoms with van der Waals surface area (Å²) >= 11 is 1.30. The highest BCUT2D eigenvalue weighted by molar-refractivity contribution is 8.00. The molecule has 0 aliphatic rings. The predicted molar refractivity (Wildman–Crippen MR) is 86.3 cm³/mol. The molecule has 0 aliphatic carbocycles. The molecule has 0 radical (unpaired) electrons. The number of carbonyl (C=O) groups is 1. The van der Waals surface area contributed by atoms with Crippen molar-refractivity contribution in [1.82, 2.24) is 0 Å². The molecule has 2 nitrogen and oxygen atoms in total. The molecule has 0 aromatic carbocycles. The molecular weight excluding hydrogens is 268 g/mol. The molecule has 0 amide bonds. The average Bonchev–Trinajstić information content (AvgIpc) is 2.43. The van der Waals surface area contributed by atoms with E-state index in [4.69, 9.17) is 5.11 Å². The van der Waals surface area contributed by atoms with Gasteiger partial charge in [0.1, 0.15) is 0 Å². The third-order valence-corrected chi connectivity index (χ3v) is 3.08. The molecule has 0 fully saturated rings. The van der Waals surface area contributed by atoms with Crippen molar-refractivity contribution < 1.29 is 9.90 Å². The molecule has 0 atom stereocenters. The van der Waals surface area contributed by atoms with Crippen LogP contribution in [0.25, 0.3) is 0 Å². The second-order valence-corrected chi connectivity index (χ2v) is 5.10. The summed E-state index contributed by atoms with van der Waals surface area (Å²) in [6, 6.07) is 0. The van der Waals surface area contributed by atoms with E-state index >= 15 is 0 Å². The maximum Gasteiger partial charge on any atom is 0.313 e. The van der Waals surface area contributed by atoms with Crippen LogP contribution in [0.2, 0.25) is 0 Å². The first-order chi connectivity index (χ1) is 9.77. The van der Waals surface area contributed by atoms with E-state index in [1.807, 2.05) is 0 Å². The average molecular weight is 290 g/mol. The maximum absolute atomic E-state index is 10.2. The van der Waals surface area contributed by atoms with Crippen molar-refractivity contribution in [3.8, 4) is 35.5 Å². The van der Waals surface area contributed by atoms with Gasteiger partial charge in [0.05, 0.1) is 24.3 Å². The summed E-state index contributed by atoms with van der Waals surface area (Å²) in [5, 5.41) is 8.41. The van der Waals surface area contributed by atoms with Crippen LogP contribution in [-0.4, -0.2) is 22.6 Å². The van der Waals surface area contributed by atoms with Crippen molar-refractivity contribution in [3.63, 3.8) is 0 Å². The number of thioether (sulfide) groups is 1. The van der Waals surface area contributed by atoms with Crippen molar-refractivity contribution in [3.05, 3.63) is 0 Å². The maximum atomic E-state index is 10.2. The smallest absolute Gasteiger partial charge is 0.313 e.